The van der Waals surface area contributed by atoms with E-state index in [9.17, 15) is 4.79 Å². The second-order valence-corrected chi connectivity index (χ2v) is 2.42. The monoisotopic (exact) mass is 144 g/mol. The first kappa shape index (κ1) is 7.54. The molecule has 1 aliphatic heterocycles. The Labute approximate surface area is 60.3 Å². The Bertz CT molecular complexity index is 116. The van der Waals surface area contributed by atoms with E-state index in [4.69, 9.17) is 9.47 Å². The summed E-state index contributed by atoms with van der Waals surface area (Å²) in [5, 5.41) is 0. The van der Waals surface area contributed by atoms with Crippen molar-refractivity contribution in [1.29, 1.82) is 0 Å². The number of rotatable bonds is 1. The highest BCUT2D eigenvalue weighted by atomic mass is 16.5. The molecule has 0 radical (unpaired) electrons. The van der Waals surface area contributed by atoms with Crippen LogP contribution in [0.5, 0.6) is 0 Å². The molecule has 0 saturated carbocycles. The molecule has 1 rings (SSSR count). The van der Waals surface area contributed by atoms with Crippen molar-refractivity contribution in [3.63, 3.8) is 0 Å². The van der Waals surface area contributed by atoms with Crippen molar-refractivity contribution in [2.24, 2.45) is 0 Å². The highest BCUT2D eigenvalue weighted by Gasteiger charge is 2.15. The highest BCUT2D eigenvalue weighted by molar-refractivity contribution is 5.66. The van der Waals surface area contributed by atoms with Gasteiger partial charge in [0, 0.05) is 19.8 Å². The molecule has 0 aliphatic carbocycles. The lowest BCUT2D eigenvalue weighted by molar-refractivity contribution is -0.150. The largest absolute Gasteiger partial charge is 0.462 e. The predicted molar refractivity (Wildman–Crippen MR) is 35.6 cm³/mol. The maximum Gasteiger partial charge on any atom is 0.302 e. The van der Waals surface area contributed by atoms with Crippen molar-refractivity contribution in [1.82, 2.24) is 0 Å². The summed E-state index contributed by atoms with van der Waals surface area (Å²) in [6.45, 7) is 2.88. The van der Waals surface area contributed by atoms with Gasteiger partial charge in [-0.05, 0) is 0 Å². The molecule has 0 unspecified atom stereocenters. The van der Waals surface area contributed by atoms with Crippen molar-refractivity contribution in [2.75, 3.05) is 13.2 Å². The maximum atomic E-state index is 10.4. The average Bonchev–Trinajstić information content (AvgIpc) is 1.88. The predicted octanol–water partition coefficient (Wildman–Crippen LogP) is 0.728. The van der Waals surface area contributed by atoms with Crippen LogP contribution in [0.25, 0.3) is 0 Å². The van der Waals surface area contributed by atoms with E-state index < -0.39 is 0 Å². The number of hydrogen-bond acceptors (Lipinski definition) is 3. The molecule has 0 aromatic heterocycles. The Balaban J connectivity index is 2.19. The van der Waals surface area contributed by atoms with Crippen LogP contribution in [-0.2, 0) is 14.3 Å². The third kappa shape index (κ3) is 2.35. The molecule has 1 aliphatic rings. The Morgan fingerprint density at radius 1 is 1.50 bits per heavy atom. The quantitative estimate of drug-likeness (QED) is 0.509. The van der Waals surface area contributed by atoms with Crippen LogP contribution >= 0.6 is 0 Å². The molecule has 1 saturated heterocycles. The summed E-state index contributed by atoms with van der Waals surface area (Å²) in [5.74, 6) is -0.188. The first-order chi connectivity index (χ1) is 4.79. The fourth-order valence-electron chi connectivity index (χ4n) is 1.03. The van der Waals surface area contributed by atoms with E-state index in [2.05, 4.69) is 0 Å². The molecule has 0 amide bonds. The standard InChI is InChI=1S/C7H12O3/c1-6(8)10-7-2-4-9-5-3-7/h7H,2-5H2,1H3. The van der Waals surface area contributed by atoms with Crippen molar-refractivity contribution >= 4 is 5.97 Å². The van der Waals surface area contributed by atoms with Gasteiger partial charge < -0.3 is 9.47 Å². The first-order valence-corrected chi connectivity index (χ1v) is 3.54. The minimum absolute atomic E-state index is 0.103. The molecule has 0 atom stereocenters. The summed E-state index contributed by atoms with van der Waals surface area (Å²) >= 11 is 0. The van der Waals surface area contributed by atoms with Crippen LogP contribution in [0.2, 0.25) is 0 Å². The summed E-state index contributed by atoms with van der Waals surface area (Å²) < 4.78 is 10.1. The molecule has 0 spiro atoms. The SMILES string of the molecule is CC(=O)OC1CCOCC1. The normalized spacial score (nSPS) is 20.5. The van der Waals surface area contributed by atoms with E-state index >= 15 is 0 Å². The molecule has 0 aromatic rings. The molecule has 0 N–H and O–H groups in total. The van der Waals surface area contributed by atoms with Crippen molar-refractivity contribution in [2.45, 2.75) is 25.9 Å². The molecule has 10 heavy (non-hydrogen) atoms. The number of carbonyl (C=O) groups is 1. The van der Waals surface area contributed by atoms with Crippen molar-refractivity contribution in [3.8, 4) is 0 Å². The molecule has 1 fully saturated rings. The molecule has 0 bridgehead atoms. The molecule has 1 heterocycles. The molecule has 3 nitrogen and oxygen atoms in total. The van der Waals surface area contributed by atoms with Crippen LogP contribution in [0.1, 0.15) is 19.8 Å². The lowest BCUT2D eigenvalue weighted by Crippen LogP contribution is -2.24. The average molecular weight is 144 g/mol. The van der Waals surface area contributed by atoms with Gasteiger partial charge in [-0.25, -0.2) is 0 Å². The fourth-order valence-corrected chi connectivity index (χ4v) is 1.03. The zero-order valence-electron chi connectivity index (χ0n) is 6.13. The molecular weight excluding hydrogens is 132 g/mol. The fraction of sp³-hybridized carbons (Fsp3) is 0.857. The smallest absolute Gasteiger partial charge is 0.302 e. The number of hydrogen-bond donors (Lipinski definition) is 0. The van der Waals surface area contributed by atoms with Crippen LogP contribution in [0.15, 0.2) is 0 Å². The van der Waals surface area contributed by atoms with Crippen LogP contribution < -0.4 is 0 Å². The molecule has 3 heteroatoms. The van der Waals surface area contributed by atoms with Gasteiger partial charge in [-0.2, -0.15) is 0 Å². The summed E-state index contributed by atoms with van der Waals surface area (Å²) in [6.07, 6.45) is 1.80. The molecule has 58 valence electrons. The lowest BCUT2D eigenvalue weighted by Gasteiger charge is -2.21. The topological polar surface area (TPSA) is 35.5 Å². The van der Waals surface area contributed by atoms with Gasteiger partial charge in [0.2, 0.25) is 0 Å². The van der Waals surface area contributed by atoms with Gasteiger partial charge in [0.25, 0.3) is 0 Å². The summed E-state index contributed by atoms with van der Waals surface area (Å²) in [6, 6.07) is 0. The third-order valence-electron chi connectivity index (χ3n) is 1.50. The Kier molecular flexibility index (Phi) is 2.68. The van der Waals surface area contributed by atoms with Crippen LogP contribution in [-0.4, -0.2) is 25.3 Å². The summed E-state index contributed by atoms with van der Waals surface area (Å²) in [7, 11) is 0. The van der Waals surface area contributed by atoms with E-state index in [0.717, 1.165) is 26.1 Å². The number of ether oxygens (including phenoxy) is 2. The van der Waals surface area contributed by atoms with Gasteiger partial charge in [-0.15, -0.1) is 0 Å². The summed E-state index contributed by atoms with van der Waals surface area (Å²) in [5.41, 5.74) is 0. The second kappa shape index (κ2) is 3.56. The summed E-state index contributed by atoms with van der Waals surface area (Å²) in [4.78, 5) is 10.4. The third-order valence-corrected chi connectivity index (χ3v) is 1.50. The van der Waals surface area contributed by atoms with Gasteiger partial charge in [-0.3, -0.25) is 4.79 Å². The number of carbonyl (C=O) groups excluding carboxylic acids is 1. The van der Waals surface area contributed by atoms with E-state index in [1.165, 1.54) is 6.92 Å². The number of esters is 1. The molecule has 0 aromatic carbocycles. The Hall–Kier alpha value is -0.570. The van der Waals surface area contributed by atoms with Crippen LogP contribution in [0.3, 0.4) is 0 Å². The van der Waals surface area contributed by atoms with E-state index in [0.29, 0.717) is 0 Å². The minimum Gasteiger partial charge on any atom is -0.462 e. The van der Waals surface area contributed by atoms with Crippen molar-refractivity contribution < 1.29 is 14.3 Å². The van der Waals surface area contributed by atoms with Gasteiger partial charge in [0.05, 0.1) is 13.2 Å². The van der Waals surface area contributed by atoms with Crippen LogP contribution in [0.4, 0.5) is 0 Å². The van der Waals surface area contributed by atoms with Crippen LogP contribution in [0, 0.1) is 0 Å². The Morgan fingerprint density at radius 3 is 2.60 bits per heavy atom. The van der Waals surface area contributed by atoms with Gasteiger partial charge in [0.15, 0.2) is 0 Å². The Morgan fingerprint density at radius 2 is 2.10 bits per heavy atom. The lowest BCUT2D eigenvalue weighted by atomic mass is 10.2. The maximum absolute atomic E-state index is 10.4. The zero-order valence-corrected chi connectivity index (χ0v) is 6.13. The molecular formula is C7H12O3. The van der Waals surface area contributed by atoms with E-state index in [1.807, 2.05) is 0 Å². The van der Waals surface area contributed by atoms with E-state index in [1.54, 1.807) is 0 Å². The van der Waals surface area contributed by atoms with Gasteiger partial charge in [-0.1, -0.05) is 0 Å². The van der Waals surface area contributed by atoms with E-state index in [-0.39, 0.29) is 12.1 Å². The highest BCUT2D eigenvalue weighted by Crippen LogP contribution is 2.09. The minimum atomic E-state index is -0.188. The first-order valence-electron chi connectivity index (χ1n) is 3.54. The zero-order chi connectivity index (χ0) is 7.40. The van der Waals surface area contributed by atoms with Gasteiger partial charge in [0.1, 0.15) is 6.10 Å². The second-order valence-electron chi connectivity index (χ2n) is 2.42. The van der Waals surface area contributed by atoms with Crippen molar-refractivity contribution in [3.05, 3.63) is 0 Å². The van der Waals surface area contributed by atoms with Gasteiger partial charge >= 0.3 is 5.97 Å².